The van der Waals surface area contributed by atoms with Gasteiger partial charge in [0.2, 0.25) is 0 Å². The van der Waals surface area contributed by atoms with Crippen molar-refractivity contribution in [3.05, 3.63) is 70.8 Å². The monoisotopic (exact) mass is 363 g/mol. The Labute approximate surface area is 154 Å². The Morgan fingerprint density at radius 1 is 1.04 bits per heavy atom. The normalized spacial score (nSPS) is 10.9. The highest BCUT2D eigenvalue weighted by Gasteiger charge is 2.16. The lowest BCUT2D eigenvalue weighted by Crippen LogP contribution is -2.16. The molecule has 0 spiro atoms. The molecule has 2 aromatic heterocycles. The Morgan fingerprint density at radius 3 is 2.67 bits per heavy atom. The molecular weight excluding hydrogens is 346 g/mol. The molecule has 0 saturated heterocycles. The largest absolute Gasteiger partial charge is 0.493 e. The lowest BCUT2D eigenvalue weighted by Gasteiger charge is -2.10. The van der Waals surface area contributed by atoms with Crippen LogP contribution >= 0.6 is 0 Å². The van der Waals surface area contributed by atoms with Gasteiger partial charge in [0.15, 0.2) is 17.3 Å². The SMILES string of the molecule is COc1ccc(-c2noc(=O)n2Cc2cccc3cccnc23)cc1OC. The van der Waals surface area contributed by atoms with Crippen LogP contribution in [0.3, 0.4) is 0 Å². The Bertz CT molecular complexity index is 1160. The minimum atomic E-state index is -0.535. The van der Waals surface area contributed by atoms with E-state index in [4.69, 9.17) is 14.0 Å². The standard InChI is InChI=1S/C20H17N3O4/c1-25-16-9-8-14(11-17(16)26-2)19-22-27-20(24)23(19)12-15-6-3-5-13-7-4-10-21-18(13)15/h3-11H,12H2,1-2H3. The summed E-state index contributed by atoms with van der Waals surface area (Å²) in [6.07, 6.45) is 1.73. The summed E-state index contributed by atoms with van der Waals surface area (Å²) < 4.78 is 17.0. The molecule has 4 aromatic rings. The molecule has 2 aromatic carbocycles. The van der Waals surface area contributed by atoms with Crippen molar-refractivity contribution in [1.29, 1.82) is 0 Å². The molecule has 0 amide bonds. The fourth-order valence-electron chi connectivity index (χ4n) is 3.06. The quantitative estimate of drug-likeness (QED) is 0.542. The molecule has 4 rings (SSSR count). The molecule has 136 valence electrons. The fourth-order valence-corrected chi connectivity index (χ4v) is 3.06. The van der Waals surface area contributed by atoms with E-state index in [1.807, 2.05) is 30.3 Å². The smallest absolute Gasteiger partial charge is 0.442 e. The lowest BCUT2D eigenvalue weighted by molar-refractivity contribution is 0.355. The number of hydrogen-bond acceptors (Lipinski definition) is 6. The summed E-state index contributed by atoms with van der Waals surface area (Å²) >= 11 is 0. The van der Waals surface area contributed by atoms with Gasteiger partial charge in [-0.1, -0.05) is 29.4 Å². The van der Waals surface area contributed by atoms with Crippen LogP contribution in [0, 0.1) is 0 Å². The number of pyridine rings is 1. The second kappa shape index (κ2) is 6.95. The molecule has 0 aliphatic heterocycles. The molecule has 27 heavy (non-hydrogen) atoms. The molecule has 0 radical (unpaired) electrons. The zero-order valence-corrected chi connectivity index (χ0v) is 14.9. The van der Waals surface area contributed by atoms with E-state index in [0.29, 0.717) is 29.4 Å². The zero-order chi connectivity index (χ0) is 18.8. The summed E-state index contributed by atoms with van der Waals surface area (Å²) in [5.41, 5.74) is 2.43. The minimum Gasteiger partial charge on any atom is -0.493 e. The number of benzene rings is 2. The Morgan fingerprint density at radius 2 is 1.85 bits per heavy atom. The number of nitrogens with zero attached hydrogens (tertiary/aromatic N) is 3. The topological polar surface area (TPSA) is 79.4 Å². The molecule has 0 unspecified atom stereocenters. The van der Waals surface area contributed by atoms with Crippen LogP contribution in [0.4, 0.5) is 0 Å². The molecule has 0 fully saturated rings. The van der Waals surface area contributed by atoms with Gasteiger partial charge in [0, 0.05) is 17.1 Å². The van der Waals surface area contributed by atoms with Gasteiger partial charge in [-0.05, 0) is 29.8 Å². The first-order chi connectivity index (χ1) is 13.2. The second-order valence-electron chi connectivity index (χ2n) is 5.92. The molecule has 0 atom stereocenters. The van der Waals surface area contributed by atoms with E-state index in [9.17, 15) is 4.79 Å². The van der Waals surface area contributed by atoms with E-state index < -0.39 is 5.76 Å². The van der Waals surface area contributed by atoms with Crippen molar-refractivity contribution in [3.8, 4) is 22.9 Å². The van der Waals surface area contributed by atoms with Crippen LogP contribution in [-0.4, -0.2) is 28.9 Å². The van der Waals surface area contributed by atoms with Crippen LogP contribution < -0.4 is 15.2 Å². The molecule has 0 saturated carbocycles. The first-order valence-corrected chi connectivity index (χ1v) is 8.33. The van der Waals surface area contributed by atoms with E-state index in [1.54, 1.807) is 38.6 Å². The number of fused-ring (bicyclic) bond motifs is 1. The Kier molecular flexibility index (Phi) is 4.33. The van der Waals surface area contributed by atoms with E-state index in [-0.39, 0.29) is 0 Å². The maximum absolute atomic E-state index is 12.3. The van der Waals surface area contributed by atoms with Crippen molar-refractivity contribution >= 4 is 10.9 Å². The van der Waals surface area contributed by atoms with Gasteiger partial charge in [-0.15, -0.1) is 0 Å². The number of aromatic nitrogens is 3. The molecule has 7 heteroatoms. The highest BCUT2D eigenvalue weighted by Crippen LogP contribution is 2.31. The molecule has 0 N–H and O–H groups in total. The van der Waals surface area contributed by atoms with Gasteiger partial charge in [-0.2, -0.15) is 0 Å². The maximum atomic E-state index is 12.3. The molecule has 0 aliphatic rings. The van der Waals surface area contributed by atoms with E-state index in [0.717, 1.165) is 16.5 Å². The van der Waals surface area contributed by atoms with Gasteiger partial charge < -0.3 is 9.47 Å². The average Bonchev–Trinajstić information content (AvgIpc) is 3.08. The van der Waals surface area contributed by atoms with Crippen LogP contribution in [0.5, 0.6) is 11.5 Å². The Balaban J connectivity index is 1.80. The maximum Gasteiger partial charge on any atom is 0.442 e. The third-order valence-corrected chi connectivity index (χ3v) is 4.37. The van der Waals surface area contributed by atoms with Crippen LogP contribution in [-0.2, 0) is 6.54 Å². The summed E-state index contributed by atoms with van der Waals surface area (Å²) in [6.45, 7) is 0.292. The summed E-state index contributed by atoms with van der Waals surface area (Å²) in [4.78, 5) is 16.7. The van der Waals surface area contributed by atoms with Gasteiger partial charge in [0.1, 0.15) is 0 Å². The third kappa shape index (κ3) is 3.03. The predicted molar refractivity (Wildman–Crippen MR) is 100 cm³/mol. The van der Waals surface area contributed by atoms with Gasteiger partial charge in [0.25, 0.3) is 0 Å². The molecular formula is C20H17N3O4. The van der Waals surface area contributed by atoms with Gasteiger partial charge >= 0.3 is 5.76 Å². The number of para-hydroxylation sites is 1. The van der Waals surface area contributed by atoms with Crippen LogP contribution in [0.1, 0.15) is 5.56 Å². The van der Waals surface area contributed by atoms with Crippen molar-refractivity contribution < 1.29 is 14.0 Å². The van der Waals surface area contributed by atoms with E-state index in [1.165, 1.54) is 4.57 Å². The van der Waals surface area contributed by atoms with Gasteiger partial charge in [-0.25, -0.2) is 4.79 Å². The van der Waals surface area contributed by atoms with Crippen molar-refractivity contribution in [3.63, 3.8) is 0 Å². The first kappa shape index (κ1) is 16.8. The lowest BCUT2D eigenvalue weighted by atomic mass is 10.1. The third-order valence-electron chi connectivity index (χ3n) is 4.37. The van der Waals surface area contributed by atoms with Crippen LogP contribution in [0.15, 0.2) is 64.0 Å². The average molecular weight is 363 g/mol. The molecule has 7 nitrogen and oxygen atoms in total. The number of hydrogen-bond donors (Lipinski definition) is 0. The summed E-state index contributed by atoms with van der Waals surface area (Å²) in [5.74, 6) is 1.02. The molecule has 0 aliphatic carbocycles. The highest BCUT2D eigenvalue weighted by molar-refractivity contribution is 5.81. The molecule has 0 bridgehead atoms. The number of ether oxygens (including phenoxy) is 2. The fraction of sp³-hybridized carbons (Fsp3) is 0.150. The number of methoxy groups -OCH3 is 2. The Hall–Kier alpha value is -3.61. The first-order valence-electron chi connectivity index (χ1n) is 8.33. The van der Waals surface area contributed by atoms with Gasteiger partial charge in [0.05, 0.1) is 26.3 Å². The van der Waals surface area contributed by atoms with Gasteiger partial charge in [-0.3, -0.25) is 14.1 Å². The van der Waals surface area contributed by atoms with E-state index in [2.05, 4.69) is 10.1 Å². The van der Waals surface area contributed by atoms with E-state index >= 15 is 0 Å². The number of rotatable bonds is 5. The zero-order valence-electron chi connectivity index (χ0n) is 14.9. The summed E-state index contributed by atoms with van der Waals surface area (Å²) in [6, 6.07) is 15.0. The van der Waals surface area contributed by atoms with Crippen molar-refractivity contribution in [2.75, 3.05) is 14.2 Å². The van der Waals surface area contributed by atoms with Crippen molar-refractivity contribution in [2.45, 2.75) is 6.54 Å². The predicted octanol–water partition coefficient (Wildman–Crippen LogP) is 3.12. The minimum absolute atomic E-state index is 0.292. The van der Waals surface area contributed by atoms with Crippen LogP contribution in [0.25, 0.3) is 22.3 Å². The van der Waals surface area contributed by atoms with Crippen molar-refractivity contribution in [1.82, 2.24) is 14.7 Å². The summed E-state index contributed by atoms with van der Waals surface area (Å²) in [5, 5.41) is 4.96. The van der Waals surface area contributed by atoms with Crippen molar-refractivity contribution in [2.24, 2.45) is 0 Å². The molecule has 2 heterocycles. The highest BCUT2D eigenvalue weighted by atomic mass is 16.5. The van der Waals surface area contributed by atoms with Crippen LogP contribution in [0.2, 0.25) is 0 Å². The second-order valence-corrected chi connectivity index (χ2v) is 5.92. The summed E-state index contributed by atoms with van der Waals surface area (Å²) in [7, 11) is 3.12.